The van der Waals surface area contributed by atoms with Crippen LogP contribution in [0.15, 0.2) is 162 Å². The van der Waals surface area contributed by atoms with Crippen LogP contribution in [0.25, 0.3) is 98.8 Å². The summed E-state index contributed by atoms with van der Waals surface area (Å²) in [7, 11) is 0. The van der Waals surface area contributed by atoms with Crippen molar-refractivity contribution < 1.29 is 11.3 Å². The molecule has 0 amide bonds. The summed E-state index contributed by atoms with van der Waals surface area (Å²) in [6.45, 7) is 4.63. The minimum atomic E-state index is -0.416. The third kappa shape index (κ3) is 3.67. The van der Waals surface area contributed by atoms with E-state index in [1.165, 1.54) is 60.3 Å². The fourth-order valence-electron chi connectivity index (χ4n) is 8.83. The van der Waals surface area contributed by atoms with Crippen molar-refractivity contribution in [1.82, 2.24) is 0 Å². The fraction of sp³-hybridized carbons (Fsp3) is 0.0612. The van der Waals surface area contributed by atoms with E-state index in [9.17, 15) is 0 Å². The van der Waals surface area contributed by atoms with Gasteiger partial charge in [0.1, 0.15) is 11.2 Å². The summed E-state index contributed by atoms with van der Waals surface area (Å²) in [6.07, 6.45) is 0. The summed E-state index contributed by atoms with van der Waals surface area (Å²) >= 11 is 0. The average Bonchev–Trinajstić information content (AvgIpc) is 3.71. The van der Waals surface area contributed by atoms with Gasteiger partial charge < -0.3 is 4.42 Å². The molecule has 0 saturated carbocycles. The molecule has 0 aliphatic heterocycles. The lowest BCUT2D eigenvalue weighted by molar-refractivity contribution is 0.660. The molecule has 1 heterocycles. The largest absolute Gasteiger partial charge is 0.455 e. The Labute approximate surface area is 297 Å². The summed E-state index contributed by atoms with van der Waals surface area (Å²) < 4.78 is 48.6. The lowest BCUT2D eigenvalue weighted by Crippen LogP contribution is -2.14. The van der Waals surface area contributed by atoms with E-state index in [-0.39, 0.29) is 35.1 Å². The van der Waals surface area contributed by atoms with E-state index in [2.05, 4.69) is 111 Å². The van der Waals surface area contributed by atoms with Gasteiger partial charge in [0.25, 0.3) is 0 Å². The molecule has 50 heavy (non-hydrogen) atoms. The SMILES string of the molecule is [2H]c1c([2H])c([2H])c(-c2cccc3c2oc2cccc(-c4ccc5ccc6c(-c7ccc8c(c7)-c7ccccc7C8(C)C)ccc7ccc4c5c76)c23)c([2H])c1[2H]. The maximum atomic E-state index is 8.69. The maximum absolute atomic E-state index is 8.69. The molecule has 1 nitrogen and oxygen atoms in total. The van der Waals surface area contributed by atoms with E-state index >= 15 is 0 Å². The van der Waals surface area contributed by atoms with Gasteiger partial charge in [-0.3, -0.25) is 0 Å². The normalized spacial score (nSPS) is 15.0. The minimum absolute atomic E-state index is 0.0475. The predicted octanol–water partition coefficient (Wildman–Crippen LogP) is 13.8. The van der Waals surface area contributed by atoms with Crippen LogP contribution in [0.1, 0.15) is 31.8 Å². The van der Waals surface area contributed by atoms with Gasteiger partial charge in [0, 0.05) is 21.8 Å². The highest BCUT2D eigenvalue weighted by Crippen LogP contribution is 2.51. The number of rotatable bonds is 3. The average molecular weight is 642 g/mol. The first-order valence-corrected chi connectivity index (χ1v) is 17.1. The Balaban J connectivity index is 1.13. The molecule has 0 unspecified atom stereocenters. The van der Waals surface area contributed by atoms with Gasteiger partial charge in [-0.25, -0.2) is 0 Å². The van der Waals surface area contributed by atoms with Crippen LogP contribution in [0.2, 0.25) is 0 Å². The molecule has 0 saturated heterocycles. The zero-order valence-electron chi connectivity index (χ0n) is 32.5. The molecule has 234 valence electrons. The lowest BCUT2D eigenvalue weighted by Gasteiger charge is -2.21. The Bertz CT molecular complexity index is 3270. The molecule has 0 N–H and O–H groups in total. The Hall–Kier alpha value is -6.18. The topological polar surface area (TPSA) is 13.1 Å². The first-order chi connectivity index (χ1) is 26.6. The van der Waals surface area contributed by atoms with Crippen LogP contribution in [-0.2, 0) is 5.41 Å². The summed E-state index contributed by atoms with van der Waals surface area (Å²) in [5.41, 5.74) is 11.6. The molecule has 0 atom stereocenters. The number of furan rings is 1. The third-order valence-corrected chi connectivity index (χ3v) is 11.1. The summed E-state index contributed by atoms with van der Waals surface area (Å²) in [6, 6.07) is 43.7. The standard InChI is InChI=1S/C49H32O/c1-49(2)42-16-7-6-12-36(42)41-28-32(22-27-43(41)49)33-23-18-30-21-26-39-35(24-19-31-20-25-38(33)45(30)46(31)39)37-14-9-17-44-47(37)40-15-8-13-34(48(40)50-44)29-10-4-3-5-11-29/h3-28H,1-2H3/i3D,4D,5D,10D,11D. The molecule has 0 fully saturated rings. The van der Waals surface area contributed by atoms with Crippen LogP contribution >= 0.6 is 0 Å². The van der Waals surface area contributed by atoms with Crippen molar-refractivity contribution in [3.63, 3.8) is 0 Å². The van der Waals surface area contributed by atoms with Crippen molar-refractivity contribution in [2.45, 2.75) is 19.3 Å². The summed E-state index contributed by atoms with van der Waals surface area (Å²) in [4.78, 5) is 0. The lowest BCUT2D eigenvalue weighted by atomic mass is 9.82. The Morgan fingerprint density at radius 2 is 1.12 bits per heavy atom. The molecule has 10 aromatic rings. The zero-order chi connectivity index (χ0) is 37.5. The minimum Gasteiger partial charge on any atom is -0.455 e. The van der Waals surface area contributed by atoms with E-state index in [1.807, 2.05) is 24.3 Å². The van der Waals surface area contributed by atoms with Gasteiger partial charge in [-0.1, -0.05) is 159 Å². The molecule has 1 aromatic heterocycles. The van der Waals surface area contributed by atoms with Gasteiger partial charge in [0.15, 0.2) is 0 Å². The van der Waals surface area contributed by atoms with Crippen molar-refractivity contribution in [1.29, 1.82) is 0 Å². The van der Waals surface area contributed by atoms with Crippen LogP contribution in [-0.4, -0.2) is 0 Å². The van der Waals surface area contributed by atoms with Gasteiger partial charge in [-0.05, 0) is 94.5 Å². The predicted molar refractivity (Wildman–Crippen MR) is 211 cm³/mol. The van der Waals surface area contributed by atoms with Crippen molar-refractivity contribution in [2.24, 2.45) is 0 Å². The molecule has 0 radical (unpaired) electrons. The Morgan fingerprint density at radius 1 is 0.460 bits per heavy atom. The molecule has 0 bridgehead atoms. The van der Waals surface area contributed by atoms with E-state index in [0.717, 1.165) is 27.3 Å². The smallest absolute Gasteiger partial charge is 0.143 e. The van der Waals surface area contributed by atoms with E-state index in [1.54, 1.807) is 6.07 Å². The monoisotopic (exact) mass is 641 g/mol. The third-order valence-electron chi connectivity index (χ3n) is 11.1. The van der Waals surface area contributed by atoms with Crippen LogP contribution in [0.5, 0.6) is 0 Å². The van der Waals surface area contributed by atoms with Gasteiger partial charge >= 0.3 is 0 Å². The van der Waals surface area contributed by atoms with Crippen molar-refractivity contribution in [3.05, 3.63) is 169 Å². The molecule has 1 aliphatic rings. The number of para-hydroxylation sites is 1. The molecule has 11 rings (SSSR count). The Morgan fingerprint density at radius 3 is 1.94 bits per heavy atom. The van der Waals surface area contributed by atoms with Crippen molar-refractivity contribution in [3.8, 4) is 44.5 Å². The second-order valence-electron chi connectivity index (χ2n) is 14.0. The fourth-order valence-corrected chi connectivity index (χ4v) is 8.83. The number of hydrogen-bond donors (Lipinski definition) is 0. The highest BCUT2D eigenvalue weighted by atomic mass is 16.3. The van der Waals surface area contributed by atoms with Gasteiger partial charge in [0.05, 0.1) is 6.85 Å². The van der Waals surface area contributed by atoms with Crippen molar-refractivity contribution in [2.75, 3.05) is 0 Å². The molecule has 9 aromatic carbocycles. The molecule has 0 spiro atoms. The second-order valence-corrected chi connectivity index (χ2v) is 14.0. The second kappa shape index (κ2) is 9.94. The number of hydrogen-bond acceptors (Lipinski definition) is 1. The van der Waals surface area contributed by atoms with Crippen LogP contribution in [0.3, 0.4) is 0 Å². The molecule has 1 aliphatic carbocycles. The highest BCUT2D eigenvalue weighted by molar-refractivity contribution is 6.29. The van der Waals surface area contributed by atoms with E-state index in [0.29, 0.717) is 16.7 Å². The van der Waals surface area contributed by atoms with Gasteiger partial charge in [-0.15, -0.1) is 0 Å². The first kappa shape index (κ1) is 23.2. The van der Waals surface area contributed by atoms with Gasteiger partial charge in [-0.2, -0.15) is 0 Å². The molecular formula is C49H32O. The zero-order valence-corrected chi connectivity index (χ0v) is 27.5. The number of fused-ring (bicyclic) bond motifs is 6. The highest BCUT2D eigenvalue weighted by Gasteiger charge is 2.35. The Kier molecular flexibility index (Phi) is 4.61. The molecule has 1 heteroatoms. The van der Waals surface area contributed by atoms with E-state index < -0.39 is 6.04 Å². The van der Waals surface area contributed by atoms with Crippen LogP contribution in [0, 0.1) is 0 Å². The summed E-state index contributed by atoms with van der Waals surface area (Å²) in [5.74, 6) is 0. The quantitative estimate of drug-likeness (QED) is 0.175. The van der Waals surface area contributed by atoms with Crippen LogP contribution < -0.4 is 0 Å². The van der Waals surface area contributed by atoms with Crippen molar-refractivity contribution >= 4 is 54.3 Å². The first-order valence-electron chi connectivity index (χ1n) is 19.6. The summed E-state index contributed by atoms with van der Waals surface area (Å²) in [5, 5.41) is 8.92. The van der Waals surface area contributed by atoms with E-state index in [4.69, 9.17) is 11.3 Å². The number of benzene rings is 9. The van der Waals surface area contributed by atoms with Crippen LogP contribution in [0.4, 0.5) is 0 Å². The van der Waals surface area contributed by atoms with Gasteiger partial charge in [0.2, 0.25) is 0 Å². The maximum Gasteiger partial charge on any atom is 0.143 e. The molecular weight excluding hydrogens is 605 g/mol.